The number of amides is 6. The summed E-state index contributed by atoms with van der Waals surface area (Å²) < 4.78 is 0. The van der Waals surface area contributed by atoms with E-state index in [0.29, 0.717) is 49.1 Å². The molecule has 0 radical (unpaired) electrons. The first-order valence-corrected chi connectivity index (χ1v) is 18.0. The number of hydrogen-bond acceptors (Lipinski definition) is 9. The molecule has 4 fully saturated rings. The van der Waals surface area contributed by atoms with E-state index in [-0.39, 0.29) is 48.3 Å². The predicted octanol–water partition coefficient (Wildman–Crippen LogP) is 2.80. The van der Waals surface area contributed by atoms with E-state index in [1.807, 2.05) is 36.4 Å². The molecule has 50 heavy (non-hydrogen) atoms. The molecule has 5 aliphatic heterocycles. The van der Waals surface area contributed by atoms with Crippen molar-refractivity contribution in [2.24, 2.45) is 0 Å². The van der Waals surface area contributed by atoms with E-state index in [0.717, 1.165) is 48.4 Å². The molecule has 13 nitrogen and oxygen atoms in total. The monoisotopic (exact) mass is 683 g/mol. The zero-order valence-corrected chi connectivity index (χ0v) is 28.2. The highest BCUT2D eigenvalue weighted by atomic mass is 16.2. The third-order valence-corrected chi connectivity index (χ3v) is 10.7. The number of piperidine rings is 3. The molecule has 6 aliphatic rings. The Hall–Kier alpha value is -4.78. The molecule has 0 aromatic heterocycles. The Kier molecular flexibility index (Phi) is 9.84. The van der Waals surface area contributed by atoms with Gasteiger partial charge in [0.05, 0.1) is 0 Å². The molecule has 264 valence electrons. The Morgan fingerprint density at radius 3 is 1.48 bits per heavy atom. The highest BCUT2D eigenvalue weighted by Crippen LogP contribution is 2.32. The summed E-state index contributed by atoms with van der Waals surface area (Å²) in [5.74, 6) is -1.50. The Balaban J connectivity index is 0.000000157. The van der Waals surface area contributed by atoms with E-state index in [2.05, 4.69) is 26.6 Å². The number of benzene rings is 2. The number of anilines is 2. The number of carbonyl (C=O) groups excluding carboxylic acids is 6. The van der Waals surface area contributed by atoms with Crippen molar-refractivity contribution in [1.82, 2.24) is 25.8 Å². The smallest absolute Gasteiger partial charge is 0.255 e. The van der Waals surface area contributed by atoms with Crippen LogP contribution in [0, 0.1) is 0 Å². The molecule has 8 rings (SSSR count). The molecule has 2 aromatic rings. The Morgan fingerprint density at radius 1 is 0.560 bits per heavy atom. The van der Waals surface area contributed by atoms with Crippen LogP contribution in [0.1, 0.15) is 102 Å². The van der Waals surface area contributed by atoms with Crippen LogP contribution in [0.4, 0.5) is 11.4 Å². The number of fused-ring (bicyclic) bond motifs is 2. The normalized spacial score (nSPS) is 24.2. The van der Waals surface area contributed by atoms with Gasteiger partial charge in [-0.25, -0.2) is 0 Å². The van der Waals surface area contributed by atoms with Gasteiger partial charge in [0.1, 0.15) is 12.1 Å². The van der Waals surface area contributed by atoms with Crippen LogP contribution in [0.25, 0.3) is 0 Å². The lowest BCUT2D eigenvalue weighted by atomic mass is 9.95. The van der Waals surface area contributed by atoms with Crippen LogP contribution in [0.15, 0.2) is 36.4 Å². The van der Waals surface area contributed by atoms with Crippen molar-refractivity contribution < 1.29 is 28.8 Å². The number of carbonyl (C=O) groups is 6. The number of nitrogens with one attached hydrogen (secondary N) is 5. The number of imide groups is 2. The van der Waals surface area contributed by atoms with Gasteiger partial charge in [0.2, 0.25) is 23.6 Å². The number of hydrogen-bond donors (Lipinski definition) is 5. The van der Waals surface area contributed by atoms with Crippen molar-refractivity contribution in [3.63, 3.8) is 0 Å². The second kappa shape index (κ2) is 14.6. The van der Waals surface area contributed by atoms with Crippen molar-refractivity contribution in [3.05, 3.63) is 58.7 Å². The SMILES string of the molecule is O=C1CCC(N2Cc3cc(NC4CCCCC4)ccc3C2=O)C(=O)N1.O=C1CCC(N2Cc3cc(NC4CCNCC4)ccc3C2=O)C(=O)N1. The molecule has 5 N–H and O–H groups in total. The molecule has 6 amide bonds. The van der Waals surface area contributed by atoms with Gasteiger partial charge < -0.3 is 25.8 Å². The Morgan fingerprint density at radius 2 is 1.02 bits per heavy atom. The fourth-order valence-corrected chi connectivity index (χ4v) is 8.01. The quantitative estimate of drug-likeness (QED) is 0.288. The Bertz CT molecular complexity index is 1580. The van der Waals surface area contributed by atoms with Crippen molar-refractivity contribution in [3.8, 4) is 0 Å². The lowest BCUT2D eigenvalue weighted by Crippen LogP contribution is -2.52. The van der Waals surface area contributed by atoms with E-state index < -0.39 is 12.1 Å². The third-order valence-electron chi connectivity index (χ3n) is 10.7. The van der Waals surface area contributed by atoms with Gasteiger partial charge in [-0.1, -0.05) is 19.3 Å². The predicted molar refractivity (Wildman–Crippen MR) is 185 cm³/mol. The van der Waals surface area contributed by atoms with Gasteiger partial charge in [-0.05, 0) is 99.1 Å². The minimum Gasteiger partial charge on any atom is -0.382 e. The third kappa shape index (κ3) is 7.23. The molecule has 5 heterocycles. The molecule has 0 bridgehead atoms. The van der Waals surface area contributed by atoms with E-state index >= 15 is 0 Å². The van der Waals surface area contributed by atoms with Gasteiger partial charge >= 0.3 is 0 Å². The maximum absolute atomic E-state index is 12.7. The standard InChI is InChI=1S/C19H23N3O3.C18H22N4O3/c23-17-9-8-16(18(24)21-17)22-11-12-10-14(6-7-15(12)19(22)25)20-13-4-2-1-3-5-13;23-16-4-3-15(17(24)21-16)22-10-11-9-13(1-2-14(11)18(22)25)20-12-5-7-19-8-6-12/h6-7,10,13,16,20H,1-5,8-9,11H2,(H,21,23,24);1-2,9,12,15,19-20H,3-8,10H2,(H,21,23,24). The molecule has 2 atom stereocenters. The average molecular weight is 684 g/mol. The molecular weight excluding hydrogens is 638 g/mol. The van der Waals surface area contributed by atoms with E-state index in [1.54, 1.807) is 9.80 Å². The first kappa shape index (κ1) is 33.7. The average Bonchev–Trinajstić information content (AvgIpc) is 3.61. The van der Waals surface area contributed by atoms with Crippen LogP contribution in [0.2, 0.25) is 0 Å². The summed E-state index contributed by atoms with van der Waals surface area (Å²) in [5, 5.41) is 15.1. The van der Waals surface area contributed by atoms with E-state index in [1.165, 1.54) is 32.1 Å². The molecule has 13 heteroatoms. The van der Waals surface area contributed by atoms with Crippen molar-refractivity contribution >= 4 is 46.8 Å². The second-order valence-corrected chi connectivity index (χ2v) is 14.2. The van der Waals surface area contributed by atoms with Gasteiger partial charge in [0.25, 0.3) is 11.8 Å². The molecule has 2 unspecified atom stereocenters. The molecule has 0 spiro atoms. The second-order valence-electron chi connectivity index (χ2n) is 14.2. The van der Waals surface area contributed by atoms with E-state index in [9.17, 15) is 28.8 Å². The highest BCUT2D eigenvalue weighted by molar-refractivity contribution is 6.06. The zero-order valence-electron chi connectivity index (χ0n) is 28.2. The van der Waals surface area contributed by atoms with Crippen LogP contribution in [0.5, 0.6) is 0 Å². The van der Waals surface area contributed by atoms with Crippen molar-refractivity contribution in [2.75, 3.05) is 23.7 Å². The van der Waals surface area contributed by atoms with Gasteiger partial charge in [-0.15, -0.1) is 0 Å². The summed E-state index contributed by atoms with van der Waals surface area (Å²) in [5.41, 5.74) is 5.27. The zero-order chi connectivity index (χ0) is 34.8. The Labute approximate surface area is 291 Å². The van der Waals surface area contributed by atoms with Gasteiger partial charge in [-0.2, -0.15) is 0 Å². The summed E-state index contributed by atoms with van der Waals surface area (Å²) in [6, 6.07) is 11.5. The lowest BCUT2D eigenvalue weighted by molar-refractivity contribution is -0.138. The fourth-order valence-electron chi connectivity index (χ4n) is 8.01. The number of rotatable bonds is 6. The fraction of sp³-hybridized carbons (Fsp3) is 0.514. The first-order valence-electron chi connectivity index (χ1n) is 18.0. The maximum atomic E-state index is 12.7. The van der Waals surface area contributed by atoms with Gasteiger partial charge in [0.15, 0.2) is 0 Å². The van der Waals surface area contributed by atoms with E-state index in [4.69, 9.17) is 0 Å². The number of nitrogens with zero attached hydrogens (tertiary/aromatic N) is 2. The molecule has 1 aliphatic carbocycles. The van der Waals surface area contributed by atoms with Crippen molar-refractivity contribution in [2.45, 2.75) is 108 Å². The molecule has 2 aromatic carbocycles. The summed E-state index contributed by atoms with van der Waals surface area (Å²) in [6.45, 7) is 2.89. The molecule has 3 saturated heterocycles. The maximum Gasteiger partial charge on any atom is 0.255 e. The van der Waals surface area contributed by atoms with Gasteiger partial charge in [-0.3, -0.25) is 39.4 Å². The lowest BCUT2D eigenvalue weighted by Gasteiger charge is -2.29. The molecular formula is C37H45N7O6. The van der Waals surface area contributed by atoms with Crippen LogP contribution in [-0.2, 0) is 32.3 Å². The summed E-state index contributed by atoms with van der Waals surface area (Å²) >= 11 is 0. The van der Waals surface area contributed by atoms with Crippen LogP contribution in [-0.4, -0.2) is 82.5 Å². The van der Waals surface area contributed by atoms with Crippen molar-refractivity contribution in [1.29, 1.82) is 0 Å². The van der Waals surface area contributed by atoms with Crippen LogP contribution < -0.4 is 26.6 Å². The van der Waals surface area contributed by atoms with Crippen LogP contribution >= 0.6 is 0 Å². The summed E-state index contributed by atoms with van der Waals surface area (Å²) in [7, 11) is 0. The van der Waals surface area contributed by atoms with Gasteiger partial charge in [0, 0.05) is 60.5 Å². The summed E-state index contributed by atoms with van der Waals surface area (Å²) in [4.78, 5) is 75.3. The molecule has 1 saturated carbocycles. The largest absolute Gasteiger partial charge is 0.382 e. The topological polar surface area (TPSA) is 169 Å². The minimum atomic E-state index is -0.557. The van der Waals surface area contributed by atoms with Crippen LogP contribution in [0.3, 0.4) is 0 Å². The summed E-state index contributed by atoms with van der Waals surface area (Å²) in [6.07, 6.45) is 9.76. The highest BCUT2D eigenvalue weighted by Gasteiger charge is 2.40. The minimum absolute atomic E-state index is 0.117. The first-order chi connectivity index (χ1) is 24.2.